The van der Waals surface area contributed by atoms with Crippen LogP contribution in [0.3, 0.4) is 0 Å². The Morgan fingerprint density at radius 1 is 1.04 bits per heavy atom. The van der Waals surface area contributed by atoms with Crippen LogP contribution in [0.15, 0.2) is 30.6 Å². The van der Waals surface area contributed by atoms with Gasteiger partial charge in [0.15, 0.2) is 16.7 Å². The molecule has 130 valence electrons. The van der Waals surface area contributed by atoms with Crippen LogP contribution in [-0.4, -0.2) is 23.2 Å². The quantitative estimate of drug-likeness (QED) is 0.689. The van der Waals surface area contributed by atoms with E-state index in [2.05, 4.69) is 23.8 Å². The van der Waals surface area contributed by atoms with Gasteiger partial charge in [-0.05, 0) is 30.5 Å². The second-order valence-electron chi connectivity index (χ2n) is 5.47. The van der Waals surface area contributed by atoms with Crippen LogP contribution < -0.4 is 15.2 Å². The Morgan fingerprint density at radius 2 is 1.79 bits per heavy atom. The van der Waals surface area contributed by atoms with Crippen molar-refractivity contribution >= 4 is 11.6 Å². The van der Waals surface area contributed by atoms with E-state index in [9.17, 15) is 0 Å². The summed E-state index contributed by atoms with van der Waals surface area (Å²) in [7, 11) is 0. The Hall–Kier alpha value is -1.85. The average Bonchev–Trinajstić information content (AvgIpc) is 2.60. The fraction of sp³-hybridized carbons (Fsp3) is 0.444. The molecule has 0 aliphatic carbocycles. The van der Waals surface area contributed by atoms with Crippen LogP contribution >= 0.6 is 11.6 Å². The van der Waals surface area contributed by atoms with Crippen molar-refractivity contribution in [3.05, 3.63) is 47.0 Å². The van der Waals surface area contributed by atoms with Crippen molar-refractivity contribution in [1.82, 2.24) is 9.97 Å². The lowest BCUT2D eigenvalue weighted by atomic mass is 10.0. The molecule has 24 heavy (non-hydrogen) atoms. The van der Waals surface area contributed by atoms with Gasteiger partial charge < -0.3 is 15.2 Å². The van der Waals surface area contributed by atoms with Crippen molar-refractivity contribution in [2.45, 2.75) is 39.2 Å². The van der Waals surface area contributed by atoms with E-state index in [0.717, 1.165) is 30.6 Å². The van der Waals surface area contributed by atoms with Crippen LogP contribution in [-0.2, 0) is 0 Å². The van der Waals surface area contributed by atoms with Gasteiger partial charge >= 0.3 is 0 Å². The Labute approximate surface area is 148 Å². The first-order valence-corrected chi connectivity index (χ1v) is 8.66. The van der Waals surface area contributed by atoms with Crippen molar-refractivity contribution < 1.29 is 9.47 Å². The van der Waals surface area contributed by atoms with Gasteiger partial charge in [-0.15, -0.1) is 0 Å². The number of nitrogens with two attached hydrogens (primary N) is 1. The number of hydrogen-bond donors (Lipinski definition) is 1. The third kappa shape index (κ3) is 4.82. The van der Waals surface area contributed by atoms with E-state index in [4.69, 9.17) is 26.8 Å². The van der Waals surface area contributed by atoms with E-state index in [-0.39, 0.29) is 0 Å². The summed E-state index contributed by atoms with van der Waals surface area (Å²) in [5, 5.41) is 0.310. The lowest BCUT2D eigenvalue weighted by Gasteiger charge is -2.17. The largest absolute Gasteiger partial charge is 0.490 e. The van der Waals surface area contributed by atoms with Crippen LogP contribution in [0.25, 0.3) is 0 Å². The molecule has 1 heterocycles. The number of nitrogens with zero attached hydrogens (tertiary/aromatic N) is 2. The molecule has 0 radical (unpaired) electrons. The van der Waals surface area contributed by atoms with Crippen LogP contribution in [0.1, 0.15) is 50.4 Å². The highest BCUT2D eigenvalue weighted by molar-refractivity contribution is 6.30. The van der Waals surface area contributed by atoms with E-state index in [0.29, 0.717) is 29.8 Å². The summed E-state index contributed by atoms with van der Waals surface area (Å²) in [6.07, 6.45) is 6.11. The summed E-state index contributed by atoms with van der Waals surface area (Å²) < 4.78 is 11.6. The van der Waals surface area contributed by atoms with E-state index in [1.165, 1.54) is 0 Å². The van der Waals surface area contributed by atoms with Gasteiger partial charge in [-0.25, -0.2) is 4.98 Å². The first-order valence-electron chi connectivity index (χ1n) is 8.28. The van der Waals surface area contributed by atoms with Crippen molar-refractivity contribution in [2.75, 3.05) is 13.2 Å². The molecule has 0 bridgehead atoms. The molecule has 0 aliphatic rings. The standard InChI is InChI=1S/C18H24ClN3O2/c1-3-5-11-24-15-12-13(6-7-14(15)23-10-4-2)16(20)17-18(19)22-9-8-21-17/h6-9,12,16H,3-5,10-11,20H2,1-2H3. The topological polar surface area (TPSA) is 70.3 Å². The van der Waals surface area contributed by atoms with Gasteiger partial charge in [0.25, 0.3) is 0 Å². The number of benzene rings is 1. The van der Waals surface area contributed by atoms with E-state index >= 15 is 0 Å². The number of rotatable bonds is 9. The zero-order valence-electron chi connectivity index (χ0n) is 14.2. The zero-order valence-corrected chi connectivity index (χ0v) is 14.9. The first kappa shape index (κ1) is 18.5. The normalized spacial score (nSPS) is 12.0. The molecule has 1 aromatic carbocycles. The monoisotopic (exact) mass is 349 g/mol. The van der Waals surface area contributed by atoms with Gasteiger partial charge in [0, 0.05) is 12.4 Å². The van der Waals surface area contributed by atoms with Gasteiger partial charge in [0.05, 0.1) is 24.9 Å². The molecule has 0 amide bonds. The summed E-state index contributed by atoms with van der Waals surface area (Å²) in [5.74, 6) is 1.43. The summed E-state index contributed by atoms with van der Waals surface area (Å²) in [6.45, 7) is 5.48. The van der Waals surface area contributed by atoms with Crippen LogP contribution in [0.5, 0.6) is 11.5 Å². The molecule has 0 saturated carbocycles. The maximum atomic E-state index is 6.31. The maximum Gasteiger partial charge on any atom is 0.161 e. The van der Waals surface area contributed by atoms with Gasteiger partial charge in [-0.1, -0.05) is 37.9 Å². The van der Waals surface area contributed by atoms with Crippen LogP contribution in [0.2, 0.25) is 5.15 Å². The third-order valence-corrected chi connectivity index (χ3v) is 3.81. The van der Waals surface area contributed by atoms with Gasteiger partial charge in [-0.3, -0.25) is 4.98 Å². The van der Waals surface area contributed by atoms with Crippen molar-refractivity contribution in [3.63, 3.8) is 0 Å². The minimum Gasteiger partial charge on any atom is -0.490 e. The molecule has 6 heteroatoms. The number of halogens is 1. The average molecular weight is 350 g/mol. The van der Waals surface area contributed by atoms with Crippen molar-refractivity contribution in [2.24, 2.45) is 5.73 Å². The molecule has 1 atom stereocenters. The van der Waals surface area contributed by atoms with Crippen molar-refractivity contribution in [1.29, 1.82) is 0 Å². The minimum atomic E-state index is -0.472. The third-order valence-electron chi connectivity index (χ3n) is 3.52. The predicted octanol–water partition coefficient (Wildman–Crippen LogP) is 4.15. The fourth-order valence-corrected chi connectivity index (χ4v) is 2.41. The molecule has 0 fully saturated rings. The lowest BCUT2D eigenvalue weighted by Crippen LogP contribution is -2.15. The summed E-state index contributed by atoms with van der Waals surface area (Å²) in [5.41, 5.74) is 7.70. The highest BCUT2D eigenvalue weighted by atomic mass is 35.5. The SMILES string of the molecule is CCCCOc1cc(C(N)c2nccnc2Cl)ccc1OCCC. The van der Waals surface area contributed by atoms with E-state index in [1.54, 1.807) is 12.4 Å². The number of unbranched alkanes of at least 4 members (excludes halogenated alkanes) is 1. The molecule has 1 unspecified atom stereocenters. The maximum absolute atomic E-state index is 6.31. The molecular weight excluding hydrogens is 326 g/mol. The fourth-order valence-electron chi connectivity index (χ4n) is 2.19. The second kappa shape index (κ2) is 9.45. The summed E-state index contributed by atoms with van der Waals surface area (Å²) >= 11 is 6.10. The molecule has 0 aliphatic heterocycles. The molecular formula is C18H24ClN3O2. The summed E-state index contributed by atoms with van der Waals surface area (Å²) in [6, 6.07) is 5.22. The van der Waals surface area contributed by atoms with E-state index in [1.807, 2.05) is 18.2 Å². The number of aromatic nitrogens is 2. The zero-order chi connectivity index (χ0) is 17.4. The molecule has 0 saturated heterocycles. The molecule has 5 nitrogen and oxygen atoms in total. The van der Waals surface area contributed by atoms with Gasteiger partial charge in [-0.2, -0.15) is 0 Å². The van der Waals surface area contributed by atoms with Crippen molar-refractivity contribution in [3.8, 4) is 11.5 Å². The lowest BCUT2D eigenvalue weighted by molar-refractivity contribution is 0.264. The highest BCUT2D eigenvalue weighted by Gasteiger charge is 2.17. The Balaban J connectivity index is 2.26. The number of hydrogen-bond acceptors (Lipinski definition) is 5. The molecule has 1 aromatic heterocycles. The predicted molar refractivity (Wildman–Crippen MR) is 95.7 cm³/mol. The minimum absolute atomic E-state index is 0.310. The Morgan fingerprint density at radius 3 is 2.50 bits per heavy atom. The molecule has 2 rings (SSSR count). The Kier molecular flexibility index (Phi) is 7.28. The van der Waals surface area contributed by atoms with E-state index < -0.39 is 6.04 Å². The first-order chi connectivity index (χ1) is 11.7. The van der Waals surface area contributed by atoms with Crippen LogP contribution in [0, 0.1) is 0 Å². The molecule has 2 aromatic rings. The smallest absolute Gasteiger partial charge is 0.161 e. The summed E-state index contributed by atoms with van der Waals surface area (Å²) in [4.78, 5) is 8.27. The van der Waals surface area contributed by atoms with Crippen LogP contribution in [0.4, 0.5) is 0 Å². The van der Waals surface area contributed by atoms with Gasteiger partial charge in [0.1, 0.15) is 0 Å². The van der Waals surface area contributed by atoms with Gasteiger partial charge in [0.2, 0.25) is 0 Å². The Bertz CT molecular complexity index is 652. The molecule has 0 spiro atoms. The highest BCUT2D eigenvalue weighted by Crippen LogP contribution is 2.33. The molecule has 2 N–H and O–H groups in total. The number of ether oxygens (including phenoxy) is 2. The second-order valence-corrected chi connectivity index (χ2v) is 5.82.